The minimum Gasteiger partial charge on any atom is -0.490 e. The second kappa shape index (κ2) is 41.3. The molecule has 0 aromatic heterocycles. The predicted octanol–water partition coefficient (Wildman–Crippen LogP) is 26.7. The first-order valence-electron chi connectivity index (χ1n) is 44.9. The molecule has 3 saturated carbocycles. The molecule has 6 fully saturated rings. The van der Waals surface area contributed by atoms with Gasteiger partial charge in [0.15, 0.2) is 0 Å². The van der Waals surface area contributed by atoms with E-state index in [1.165, 1.54) is 6.26 Å². The van der Waals surface area contributed by atoms with Crippen molar-refractivity contribution in [2.75, 3.05) is 45.5 Å². The molecule has 129 heavy (non-hydrogen) atoms. The van der Waals surface area contributed by atoms with Crippen molar-refractivity contribution in [3.05, 3.63) is 193 Å². The Balaban J connectivity index is 0.000000173. The van der Waals surface area contributed by atoms with E-state index in [-0.39, 0.29) is 82.7 Å². The first-order valence-corrected chi connectivity index (χ1v) is 46.0. The van der Waals surface area contributed by atoms with Gasteiger partial charge in [-0.15, -0.1) is 0 Å². The quantitative estimate of drug-likeness (QED) is 0.0494. The van der Waals surface area contributed by atoms with Crippen LogP contribution in [0.2, 0.25) is 0 Å². The Hall–Kier alpha value is -7.97. The third kappa shape index (κ3) is 25.5. The van der Waals surface area contributed by atoms with Crippen molar-refractivity contribution in [1.82, 2.24) is 14.7 Å². The van der Waals surface area contributed by atoms with Gasteiger partial charge in [0.05, 0.1) is 69.4 Å². The van der Waals surface area contributed by atoms with Crippen molar-refractivity contribution >= 4 is 30.1 Å². The van der Waals surface area contributed by atoms with E-state index in [9.17, 15) is 113 Å². The minimum atomic E-state index is -4.75. The van der Waals surface area contributed by atoms with Gasteiger partial charge in [-0.25, -0.2) is 0 Å². The van der Waals surface area contributed by atoms with E-state index in [4.69, 9.17) is 14.2 Å². The van der Waals surface area contributed by atoms with Gasteiger partial charge >= 0.3 is 55.0 Å². The molecule has 32 heteroatoms. The molecule has 6 aromatic rings. The number of halogens is 19. The Morgan fingerprint density at radius 3 is 0.760 bits per heavy atom. The number of rotatable bonds is 24. The van der Waals surface area contributed by atoms with Crippen molar-refractivity contribution in [3.8, 4) is 17.2 Å². The van der Waals surface area contributed by atoms with Gasteiger partial charge in [0.25, 0.3) is 0 Å². The molecule has 15 rings (SSSR count). The van der Waals surface area contributed by atoms with Crippen LogP contribution in [0.1, 0.15) is 276 Å². The van der Waals surface area contributed by atoms with Crippen LogP contribution in [0.15, 0.2) is 109 Å². The maximum absolute atomic E-state index is 13.7. The topological polar surface area (TPSA) is 149 Å². The van der Waals surface area contributed by atoms with Crippen LogP contribution in [0.25, 0.3) is 0 Å². The Morgan fingerprint density at radius 1 is 0.341 bits per heavy atom. The van der Waals surface area contributed by atoms with Gasteiger partial charge in [-0.05, 0) is 371 Å². The van der Waals surface area contributed by atoms with Crippen LogP contribution < -0.4 is 14.2 Å². The number of ether oxygens (including phenoxy) is 3. The zero-order chi connectivity index (χ0) is 93.9. The third-order valence-corrected chi connectivity index (χ3v) is 28.5. The van der Waals surface area contributed by atoms with Crippen molar-refractivity contribution in [2.24, 2.45) is 53.3 Å². The average Bonchev–Trinajstić information content (AvgIpc) is 1.57. The Labute approximate surface area is 744 Å². The van der Waals surface area contributed by atoms with Crippen molar-refractivity contribution in [2.45, 2.75) is 268 Å². The summed E-state index contributed by atoms with van der Waals surface area (Å²) in [6.07, 6.45) is -9.08. The number of carbonyl (C=O) groups is 3. The second-order valence-electron chi connectivity index (χ2n) is 37.1. The highest BCUT2D eigenvalue weighted by molar-refractivity contribution is 7.93. The zero-order valence-electron chi connectivity index (χ0n) is 73.1. The zero-order valence-corrected chi connectivity index (χ0v) is 73.9. The smallest absolute Gasteiger partial charge is 0.416 e. The molecule has 710 valence electrons. The molecule has 0 amide bonds. The van der Waals surface area contributed by atoms with Crippen LogP contribution in [0.3, 0.4) is 0 Å². The maximum atomic E-state index is 13.7. The van der Waals surface area contributed by atoms with E-state index >= 15 is 0 Å². The van der Waals surface area contributed by atoms with Crippen LogP contribution in [0.5, 0.6) is 17.2 Å². The summed E-state index contributed by atoms with van der Waals surface area (Å²) < 4.78 is 272. The Kier molecular flexibility index (Phi) is 32.0. The van der Waals surface area contributed by atoms with E-state index < -0.39 is 124 Å². The molecule has 0 bridgehead atoms. The molecule has 12 nitrogen and oxygen atoms in total. The van der Waals surface area contributed by atoms with Gasteiger partial charge in [0.1, 0.15) is 17.2 Å². The lowest BCUT2D eigenvalue weighted by Crippen LogP contribution is -2.38. The van der Waals surface area contributed by atoms with Crippen molar-refractivity contribution < 1.29 is 127 Å². The first kappa shape index (κ1) is 100. The highest BCUT2D eigenvalue weighted by Crippen LogP contribution is 2.54. The summed E-state index contributed by atoms with van der Waals surface area (Å²) in [7, 11) is 0. The van der Waals surface area contributed by atoms with E-state index in [1.54, 1.807) is 41.5 Å². The van der Waals surface area contributed by atoms with Crippen molar-refractivity contribution in [1.29, 1.82) is 0 Å². The highest BCUT2D eigenvalue weighted by Gasteiger charge is 2.48. The van der Waals surface area contributed by atoms with Crippen LogP contribution in [-0.4, -0.2) is 112 Å². The lowest BCUT2D eigenvalue weighted by molar-refractivity contribution is -0.143. The summed E-state index contributed by atoms with van der Waals surface area (Å²) in [5, 5.41) is 28.9. The predicted molar refractivity (Wildman–Crippen MR) is 450 cm³/mol. The first-order chi connectivity index (χ1) is 60.6. The molecule has 3 N–H and O–H groups in total. The van der Waals surface area contributed by atoms with Gasteiger partial charge in [-0.3, -0.25) is 29.1 Å². The number of hydrogen-bond acceptors (Lipinski definition) is 10. The van der Waals surface area contributed by atoms with Crippen LogP contribution in [0.4, 0.5) is 82.9 Å². The lowest BCUT2D eigenvalue weighted by Gasteiger charge is -2.38. The molecule has 3 aliphatic carbocycles. The number of benzene rings is 6. The Bertz CT molecular complexity index is 4340. The Morgan fingerprint density at radius 2 is 0.566 bits per heavy atom. The van der Waals surface area contributed by atoms with Crippen molar-refractivity contribution in [3.63, 3.8) is 0 Å². The molecule has 12 atom stereocenters. The molecule has 3 saturated heterocycles. The number of alkyl halides is 18. The highest BCUT2D eigenvalue weighted by atomic mass is 32.2. The molecular weight excluding hydrogens is 1740 g/mol. The fourth-order valence-corrected chi connectivity index (χ4v) is 20.6. The minimum absolute atomic E-state index is 0.0155. The summed E-state index contributed by atoms with van der Waals surface area (Å²) in [6.45, 7) is 12.9. The van der Waals surface area contributed by atoms with Gasteiger partial charge in [-0.1, -0.05) is 57.2 Å². The average molecular weight is 1860 g/mol. The SMILES string of the molecule is CSF.C[C@H](C(=O)O)[C@H](c1ccc2c(c1)OC(CC1CCN([C@H](C)c3cc(C(F)(F)F)ccc3C(F)(F)F)CC1)CC2)C1CC1.C[C@H](C(=O)O)[C@H](c1ccc2c(c1)OC(CC1CCN([C@H](C)c3cc(C(F)(F)F)ccc3C(F)(F)F)CC1)CC2)C1CC1.C[C@H](C(=O)O)[C@H](c1ccc2c(c1)OC(CC1CCN([C@H](C)c3cc(C(F)(F)F)ccc3C(F)(F)F)CC1)CC2)C1CC1. The standard InChI is InChI=1S/3C32H37F6NO3.CH3FS/c3*1-18(30(40)41)29(22-4-5-22)23-6-3-21-7-9-25(42-28(21)16-23)15-20-11-13-39(14-12-20)19(2)26-17-24(31(33,34)35)8-10-27(26)32(36,37)38;1-3-2/h3*3,6,8,10,16-20,22,25,29H,4-5,7,9,11-15H2,1-2H3,(H,40,41);1H3/t3*18-,19+,25?,29-;/m000./s1. The number of carboxylic acid groups (broad SMARTS) is 3. The maximum Gasteiger partial charge on any atom is 0.416 e. The summed E-state index contributed by atoms with van der Waals surface area (Å²) in [5.74, 6) is 0.458. The molecule has 6 heterocycles. The number of aliphatic carboxylic acids is 3. The lowest BCUT2D eigenvalue weighted by atomic mass is 9.82. The van der Waals surface area contributed by atoms with Gasteiger partial charge in [0.2, 0.25) is 0 Å². The largest absolute Gasteiger partial charge is 0.490 e. The number of hydrogen-bond donors (Lipinski definition) is 3. The number of aryl methyl sites for hydroxylation is 3. The van der Waals surface area contributed by atoms with E-state index in [1.807, 2.05) is 69.3 Å². The van der Waals surface area contributed by atoms with E-state index in [0.29, 0.717) is 112 Å². The number of piperidine rings is 3. The van der Waals surface area contributed by atoms with Crippen LogP contribution >= 0.6 is 12.1 Å². The van der Waals surface area contributed by atoms with E-state index in [2.05, 4.69) is 0 Å². The van der Waals surface area contributed by atoms with Gasteiger partial charge < -0.3 is 29.5 Å². The number of likely N-dealkylation sites (tertiary alicyclic amines) is 3. The van der Waals surface area contributed by atoms with Gasteiger partial charge in [-0.2, -0.15) is 82.9 Å². The normalized spacial score (nSPS) is 22.2. The van der Waals surface area contributed by atoms with Gasteiger partial charge in [0, 0.05) is 36.5 Å². The summed E-state index contributed by atoms with van der Waals surface area (Å²) in [4.78, 5) is 40.7. The third-order valence-electron chi connectivity index (χ3n) is 28.5. The molecule has 6 aliphatic heterocycles. The summed E-state index contributed by atoms with van der Waals surface area (Å²) >= 11 is 0.250. The number of nitrogens with zero attached hydrogens (tertiary/aromatic N) is 3. The number of carboxylic acids is 3. The summed E-state index contributed by atoms with van der Waals surface area (Å²) in [5.41, 5.74) is -1.02. The molecule has 3 unspecified atom stereocenters. The molecule has 9 aliphatic rings. The molecular formula is C97H114F19N3O9S. The summed E-state index contributed by atoms with van der Waals surface area (Å²) in [6, 6.07) is 20.9. The second-order valence-corrected chi connectivity index (χ2v) is 37.4. The fraction of sp³-hybridized carbons (Fsp3) is 0.598. The molecule has 0 radical (unpaired) electrons. The number of fused-ring (bicyclic) bond motifs is 3. The van der Waals surface area contributed by atoms with E-state index in [0.717, 1.165) is 185 Å². The fourth-order valence-electron chi connectivity index (χ4n) is 20.6. The molecule has 0 spiro atoms. The molecule has 6 aromatic carbocycles. The van der Waals surface area contributed by atoms with Crippen LogP contribution in [0, 0.1) is 53.3 Å². The monoisotopic (exact) mass is 1860 g/mol. The van der Waals surface area contributed by atoms with Crippen LogP contribution in [-0.2, 0) is 70.7 Å².